The highest BCUT2D eigenvalue weighted by atomic mass is 16.3. The molecule has 10 aromatic rings. The zero-order valence-corrected chi connectivity index (χ0v) is 25.1. The van der Waals surface area contributed by atoms with Crippen LogP contribution in [0.2, 0.25) is 0 Å². The normalized spacial score (nSPS) is 16.2. The molecule has 0 spiro atoms. The SMILES string of the molecule is [2H]c1c([2H])c([2H])c2c([2H])c(Cc3c4c([2H])c([2H])c([2H])c([2H])c4c(-c4ccc(-c5cccc6oc7ccccc7c56)c5ccccc45)c4c([2H])c([2H])c([2H])c([2H])c34)c([2H])c([2H])c2c1[2H]. The zero-order chi connectivity index (χ0) is 44.7. The summed E-state index contributed by atoms with van der Waals surface area (Å²) < 4.78 is 140. The molecule has 1 heteroatoms. The molecule has 1 aromatic heterocycles. The van der Waals surface area contributed by atoms with Crippen LogP contribution in [-0.4, -0.2) is 0 Å². The van der Waals surface area contributed by atoms with Gasteiger partial charge in [-0.25, -0.2) is 0 Å². The molecule has 0 atom stereocenters. The van der Waals surface area contributed by atoms with Crippen LogP contribution in [-0.2, 0) is 6.42 Å². The average Bonchev–Trinajstić information content (AvgIpc) is 3.68. The topological polar surface area (TPSA) is 13.1 Å². The van der Waals surface area contributed by atoms with Crippen molar-refractivity contribution >= 4 is 65.0 Å². The number of hydrogen-bond acceptors (Lipinski definition) is 1. The second-order valence-electron chi connectivity index (χ2n) is 11.6. The first-order valence-electron chi connectivity index (χ1n) is 22.9. The summed E-state index contributed by atoms with van der Waals surface area (Å²) in [6.45, 7) is 0. The van der Waals surface area contributed by atoms with E-state index < -0.39 is 97.1 Å². The molecule has 0 amide bonds. The van der Waals surface area contributed by atoms with Gasteiger partial charge < -0.3 is 4.42 Å². The van der Waals surface area contributed by atoms with Crippen LogP contribution in [0.3, 0.4) is 0 Å². The van der Waals surface area contributed by atoms with Crippen LogP contribution in [0.5, 0.6) is 0 Å². The molecule has 9 aromatic carbocycles. The minimum absolute atomic E-state index is 0.0659. The maximum Gasteiger partial charge on any atom is 0.136 e. The van der Waals surface area contributed by atoms with Gasteiger partial charge in [0.1, 0.15) is 11.2 Å². The van der Waals surface area contributed by atoms with Crippen molar-refractivity contribution in [2.24, 2.45) is 0 Å². The quantitative estimate of drug-likeness (QED) is 0.177. The first-order valence-corrected chi connectivity index (χ1v) is 15.4. The van der Waals surface area contributed by atoms with Gasteiger partial charge in [0.25, 0.3) is 0 Å². The molecule has 0 aliphatic carbocycles. The average molecular weight is 626 g/mol. The Morgan fingerprint density at radius 1 is 0.438 bits per heavy atom. The van der Waals surface area contributed by atoms with Gasteiger partial charge in [0.2, 0.25) is 0 Å². The van der Waals surface area contributed by atoms with E-state index in [-0.39, 0.29) is 49.0 Å². The minimum Gasteiger partial charge on any atom is -0.456 e. The summed E-state index contributed by atoms with van der Waals surface area (Å²) in [4.78, 5) is 0. The van der Waals surface area contributed by atoms with Gasteiger partial charge in [-0.15, -0.1) is 0 Å². The predicted octanol–water partition coefficient (Wildman–Crippen LogP) is 13.1. The van der Waals surface area contributed by atoms with E-state index in [0.717, 1.165) is 27.3 Å². The van der Waals surface area contributed by atoms with Crippen LogP contribution in [0.25, 0.3) is 87.3 Å². The maximum atomic E-state index is 9.46. The fraction of sp³-hybridized carbons (Fsp3) is 0.0213. The molecule has 48 heavy (non-hydrogen) atoms. The third kappa shape index (κ3) is 4.11. The van der Waals surface area contributed by atoms with E-state index in [4.69, 9.17) is 18.1 Å². The number of para-hydroxylation sites is 1. The summed E-state index contributed by atoms with van der Waals surface area (Å²) in [6.07, 6.45) is -0.567. The van der Waals surface area contributed by atoms with Crippen molar-refractivity contribution in [1.29, 1.82) is 0 Å². The Labute approximate surface area is 299 Å². The van der Waals surface area contributed by atoms with Gasteiger partial charge in [-0.3, -0.25) is 0 Å². The lowest BCUT2D eigenvalue weighted by Gasteiger charge is -2.20. The van der Waals surface area contributed by atoms with E-state index in [9.17, 15) is 6.85 Å². The fourth-order valence-electron chi connectivity index (χ4n) is 6.99. The van der Waals surface area contributed by atoms with E-state index in [1.54, 1.807) is 6.07 Å². The van der Waals surface area contributed by atoms with Crippen LogP contribution < -0.4 is 0 Å². The molecule has 0 unspecified atom stereocenters. The third-order valence-electron chi connectivity index (χ3n) is 9.02. The Morgan fingerprint density at radius 2 is 1.04 bits per heavy atom. The van der Waals surface area contributed by atoms with Gasteiger partial charge >= 0.3 is 0 Å². The molecular weight excluding hydrogens is 581 g/mol. The lowest BCUT2D eigenvalue weighted by molar-refractivity contribution is 0.669. The summed E-state index contributed by atoms with van der Waals surface area (Å²) >= 11 is 0. The summed E-state index contributed by atoms with van der Waals surface area (Å²) in [5.74, 6) is 0. The monoisotopic (exact) mass is 625 g/mol. The Balaban J connectivity index is 1.37. The molecule has 0 saturated heterocycles. The number of hydrogen-bond donors (Lipinski definition) is 0. The van der Waals surface area contributed by atoms with E-state index in [1.165, 1.54) is 0 Å². The van der Waals surface area contributed by atoms with E-state index in [1.807, 2.05) is 72.8 Å². The summed E-state index contributed by atoms with van der Waals surface area (Å²) in [6, 6.07) is 15.9. The molecule has 0 bridgehead atoms. The van der Waals surface area contributed by atoms with Crippen LogP contribution in [0.1, 0.15) is 31.7 Å². The van der Waals surface area contributed by atoms with Crippen LogP contribution in [0.15, 0.2) is 174 Å². The molecule has 0 radical (unpaired) electrons. The van der Waals surface area contributed by atoms with E-state index in [2.05, 4.69) is 0 Å². The molecule has 224 valence electrons. The molecular formula is C47H30O. The molecule has 0 aliphatic rings. The Kier molecular flexibility index (Phi) is 3.58. The van der Waals surface area contributed by atoms with Gasteiger partial charge in [-0.05, 0) is 95.0 Å². The van der Waals surface area contributed by atoms with Crippen molar-refractivity contribution in [3.63, 3.8) is 0 Å². The second kappa shape index (κ2) is 10.7. The molecule has 0 N–H and O–H groups in total. The maximum absolute atomic E-state index is 9.46. The molecule has 0 aliphatic heterocycles. The molecule has 1 heterocycles. The summed E-state index contributed by atoms with van der Waals surface area (Å²) in [7, 11) is 0. The van der Waals surface area contributed by atoms with Crippen molar-refractivity contribution < 1.29 is 25.0 Å². The Bertz CT molecular complexity index is 3640. The number of fused-ring (bicyclic) bond motifs is 7. The lowest BCUT2D eigenvalue weighted by Crippen LogP contribution is -1.96. The van der Waals surface area contributed by atoms with Crippen LogP contribution >= 0.6 is 0 Å². The highest BCUT2D eigenvalue weighted by Crippen LogP contribution is 2.46. The zero-order valence-electron chi connectivity index (χ0n) is 40.1. The van der Waals surface area contributed by atoms with Gasteiger partial charge in [0, 0.05) is 10.8 Å². The summed E-state index contributed by atoms with van der Waals surface area (Å²) in [5, 5.41) is 2.10. The van der Waals surface area contributed by atoms with Gasteiger partial charge in [-0.2, -0.15) is 0 Å². The van der Waals surface area contributed by atoms with Gasteiger partial charge in [-0.1, -0.05) is 157 Å². The van der Waals surface area contributed by atoms with Gasteiger partial charge in [0.15, 0.2) is 0 Å². The van der Waals surface area contributed by atoms with Gasteiger partial charge in [0.05, 0.1) is 20.6 Å². The molecule has 0 saturated carbocycles. The van der Waals surface area contributed by atoms with Crippen molar-refractivity contribution in [2.75, 3.05) is 0 Å². The first-order chi connectivity index (χ1) is 30.1. The lowest BCUT2D eigenvalue weighted by atomic mass is 9.83. The molecule has 10 rings (SSSR count). The van der Waals surface area contributed by atoms with Crippen molar-refractivity contribution in [2.45, 2.75) is 6.42 Å². The van der Waals surface area contributed by atoms with Crippen molar-refractivity contribution in [3.05, 3.63) is 181 Å². The summed E-state index contributed by atoms with van der Waals surface area (Å²) in [5.41, 5.74) is 3.29. The Morgan fingerprint density at radius 3 is 1.81 bits per heavy atom. The number of benzene rings is 9. The highest BCUT2D eigenvalue weighted by Gasteiger charge is 2.20. The van der Waals surface area contributed by atoms with Crippen LogP contribution in [0.4, 0.5) is 0 Å². The van der Waals surface area contributed by atoms with E-state index >= 15 is 0 Å². The smallest absolute Gasteiger partial charge is 0.136 e. The number of furan rings is 1. The van der Waals surface area contributed by atoms with Crippen molar-refractivity contribution in [3.8, 4) is 22.3 Å². The standard InChI is InChI=1S/C47H30O/c1-2-13-32-28-30(24-25-31(32)12-1)29-43-35-16-5-7-18-38(35)46(39-19-8-6-17-36(39)43)41-27-26-37(33-14-3-4-15-34(33)41)40-21-11-23-45-47(40)42-20-9-10-22-44(42)48-45/h1-28H,29H2/i1D,2D,5D,6D,7D,8D,12D,13D,16D,17D,18D,19D,24D,25D,28D. The predicted molar refractivity (Wildman–Crippen MR) is 204 cm³/mol. The van der Waals surface area contributed by atoms with Crippen molar-refractivity contribution in [1.82, 2.24) is 0 Å². The molecule has 0 fully saturated rings. The minimum atomic E-state index is -0.652. The molecule has 1 nitrogen and oxygen atoms in total. The second-order valence-corrected chi connectivity index (χ2v) is 11.6. The first kappa shape index (κ1) is 16.1. The third-order valence-corrected chi connectivity index (χ3v) is 9.02. The van der Waals surface area contributed by atoms with Crippen LogP contribution in [0, 0.1) is 0 Å². The number of rotatable bonds is 4. The highest BCUT2D eigenvalue weighted by molar-refractivity contribution is 6.21. The van der Waals surface area contributed by atoms with E-state index in [0.29, 0.717) is 22.1 Å². The fourth-order valence-corrected chi connectivity index (χ4v) is 6.99. The largest absolute Gasteiger partial charge is 0.456 e. The Hall–Kier alpha value is -6.18.